The van der Waals surface area contributed by atoms with Crippen molar-refractivity contribution in [2.24, 2.45) is 11.7 Å². The zero-order valence-corrected chi connectivity index (χ0v) is 12.4. The molecule has 118 valence electrons. The first-order chi connectivity index (χ1) is 9.47. The van der Waals surface area contributed by atoms with Gasteiger partial charge in [0.05, 0.1) is 0 Å². The van der Waals surface area contributed by atoms with Crippen LogP contribution in [0.15, 0.2) is 11.6 Å². The Morgan fingerprint density at radius 2 is 2.05 bits per heavy atom. The average Bonchev–Trinajstić information content (AvgIpc) is 2.39. The third kappa shape index (κ3) is 6.27. The molecule has 0 saturated heterocycles. The Hall–Kier alpha value is -0.550. The van der Waals surface area contributed by atoms with E-state index in [2.05, 4.69) is 11.8 Å². The Balaban J connectivity index is 2.25. The Labute approximate surface area is 120 Å². The van der Waals surface area contributed by atoms with E-state index >= 15 is 0 Å². The van der Waals surface area contributed by atoms with Crippen LogP contribution >= 0.6 is 0 Å². The van der Waals surface area contributed by atoms with Gasteiger partial charge in [-0.25, -0.2) is 0 Å². The van der Waals surface area contributed by atoms with Gasteiger partial charge < -0.3 is 5.73 Å². The first-order valence-corrected chi connectivity index (χ1v) is 7.66. The molecule has 0 amide bonds. The molecule has 1 aliphatic rings. The van der Waals surface area contributed by atoms with Gasteiger partial charge in [-0.05, 0) is 44.7 Å². The van der Waals surface area contributed by atoms with Crippen LogP contribution < -0.4 is 5.73 Å². The number of hydrogen-bond acceptors (Lipinski definition) is 2. The second-order valence-electron chi connectivity index (χ2n) is 5.65. The first-order valence-electron chi connectivity index (χ1n) is 7.66. The molecule has 1 atom stereocenters. The lowest BCUT2D eigenvalue weighted by Crippen LogP contribution is -2.32. The van der Waals surface area contributed by atoms with E-state index in [0.29, 0.717) is 19.0 Å². The fourth-order valence-corrected chi connectivity index (χ4v) is 2.85. The Kier molecular flexibility index (Phi) is 7.59. The smallest absolute Gasteiger partial charge is 0.330 e. The first kappa shape index (κ1) is 17.5. The van der Waals surface area contributed by atoms with E-state index in [9.17, 15) is 13.2 Å². The molecule has 1 rings (SSSR count). The van der Waals surface area contributed by atoms with Gasteiger partial charge in [-0.2, -0.15) is 13.2 Å². The third-order valence-corrected chi connectivity index (χ3v) is 4.02. The molecule has 2 N–H and O–H groups in total. The van der Waals surface area contributed by atoms with Crippen molar-refractivity contribution in [3.05, 3.63) is 11.6 Å². The molecule has 0 aromatic heterocycles. The summed E-state index contributed by atoms with van der Waals surface area (Å²) in [5.74, 6) is 0.677. The highest BCUT2D eigenvalue weighted by Gasteiger charge is 2.34. The predicted octanol–water partition coefficient (Wildman–Crippen LogP) is 3.73. The molecule has 1 aliphatic heterocycles. The molecule has 0 aromatic carbocycles. The molecule has 0 spiro atoms. The summed E-state index contributed by atoms with van der Waals surface area (Å²) in [6.45, 7) is 4.76. The van der Waals surface area contributed by atoms with E-state index in [1.807, 2.05) is 0 Å². The van der Waals surface area contributed by atoms with E-state index in [0.717, 1.165) is 32.4 Å². The summed E-state index contributed by atoms with van der Waals surface area (Å²) < 4.78 is 37.5. The summed E-state index contributed by atoms with van der Waals surface area (Å²) >= 11 is 0. The minimum atomic E-state index is -4.14. The topological polar surface area (TPSA) is 29.3 Å². The summed E-state index contributed by atoms with van der Waals surface area (Å²) in [4.78, 5) is 2.11. The summed E-state index contributed by atoms with van der Waals surface area (Å²) in [5, 5.41) is 0. The van der Waals surface area contributed by atoms with Crippen LogP contribution in [0.3, 0.4) is 0 Å². The highest BCUT2D eigenvalue weighted by atomic mass is 19.4. The van der Waals surface area contributed by atoms with Gasteiger partial charge >= 0.3 is 6.18 Å². The van der Waals surface area contributed by atoms with Crippen molar-refractivity contribution in [1.82, 2.24) is 4.90 Å². The highest BCUT2D eigenvalue weighted by Crippen LogP contribution is 2.30. The zero-order valence-electron chi connectivity index (χ0n) is 12.4. The molecule has 2 nitrogen and oxygen atoms in total. The van der Waals surface area contributed by atoms with Gasteiger partial charge in [0.1, 0.15) is 0 Å². The average molecular weight is 292 g/mol. The highest BCUT2D eigenvalue weighted by molar-refractivity contribution is 5.12. The van der Waals surface area contributed by atoms with Crippen molar-refractivity contribution in [2.45, 2.75) is 51.6 Å². The lowest BCUT2D eigenvalue weighted by atomic mass is 9.94. The molecule has 1 unspecified atom stereocenters. The SMILES string of the molecule is CCCC(CCN)CCCN1CC=C(C(F)(F)F)CC1. The van der Waals surface area contributed by atoms with E-state index in [4.69, 9.17) is 5.73 Å². The molecule has 0 aliphatic carbocycles. The van der Waals surface area contributed by atoms with Crippen LogP contribution in [0.4, 0.5) is 13.2 Å². The number of nitrogens with zero attached hydrogens (tertiary/aromatic N) is 1. The third-order valence-electron chi connectivity index (χ3n) is 4.02. The number of rotatable bonds is 8. The minimum Gasteiger partial charge on any atom is -0.330 e. The van der Waals surface area contributed by atoms with Crippen LogP contribution in [-0.2, 0) is 0 Å². The second-order valence-corrected chi connectivity index (χ2v) is 5.65. The molecule has 20 heavy (non-hydrogen) atoms. The van der Waals surface area contributed by atoms with Crippen LogP contribution in [0.2, 0.25) is 0 Å². The number of hydrogen-bond donors (Lipinski definition) is 1. The van der Waals surface area contributed by atoms with Gasteiger partial charge in [0.25, 0.3) is 0 Å². The molecule has 0 aromatic rings. The number of alkyl halides is 3. The molecule has 0 bridgehead atoms. The monoisotopic (exact) mass is 292 g/mol. The van der Waals surface area contributed by atoms with Crippen molar-refractivity contribution >= 4 is 0 Å². The van der Waals surface area contributed by atoms with Crippen molar-refractivity contribution in [1.29, 1.82) is 0 Å². The van der Waals surface area contributed by atoms with Gasteiger partial charge in [-0.1, -0.05) is 25.8 Å². The minimum absolute atomic E-state index is 0.130. The van der Waals surface area contributed by atoms with Gasteiger partial charge in [0, 0.05) is 18.7 Å². The second kappa shape index (κ2) is 8.67. The van der Waals surface area contributed by atoms with Crippen molar-refractivity contribution in [2.75, 3.05) is 26.2 Å². The Morgan fingerprint density at radius 3 is 2.55 bits per heavy atom. The maximum Gasteiger partial charge on any atom is 0.412 e. The maximum absolute atomic E-state index is 12.5. The summed E-state index contributed by atoms with van der Waals surface area (Å²) in [6.07, 6.45) is 2.96. The van der Waals surface area contributed by atoms with E-state index < -0.39 is 6.18 Å². The van der Waals surface area contributed by atoms with Crippen LogP contribution in [0.1, 0.15) is 45.4 Å². The predicted molar refractivity (Wildman–Crippen MR) is 76.5 cm³/mol. The molecule has 0 saturated carbocycles. The van der Waals surface area contributed by atoms with Crippen LogP contribution in [-0.4, -0.2) is 37.3 Å². The maximum atomic E-state index is 12.5. The lowest BCUT2D eigenvalue weighted by molar-refractivity contribution is -0.0960. The summed E-state index contributed by atoms with van der Waals surface area (Å²) in [5.41, 5.74) is 5.25. The quantitative estimate of drug-likeness (QED) is 0.691. The number of halogens is 3. The van der Waals surface area contributed by atoms with Crippen LogP contribution in [0.5, 0.6) is 0 Å². The molecular formula is C15H27F3N2. The molecule has 1 heterocycles. The zero-order chi connectivity index (χ0) is 15.0. The van der Waals surface area contributed by atoms with Crippen LogP contribution in [0, 0.1) is 5.92 Å². The number of nitrogens with two attached hydrogens (primary N) is 1. The van der Waals surface area contributed by atoms with E-state index in [-0.39, 0.29) is 12.0 Å². The molecular weight excluding hydrogens is 265 g/mol. The lowest BCUT2D eigenvalue weighted by Gasteiger charge is -2.27. The van der Waals surface area contributed by atoms with Crippen LogP contribution in [0.25, 0.3) is 0 Å². The molecule has 5 heteroatoms. The largest absolute Gasteiger partial charge is 0.412 e. The van der Waals surface area contributed by atoms with Gasteiger partial charge in [0.15, 0.2) is 0 Å². The van der Waals surface area contributed by atoms with E-state index in [1.54, 1.807) is 0 Å². The van der Waals surface area contributed by atoms with Gasteiger partial charge in [-0.15, -0.1) is 0 Å². The summed E-state index contributed by atoms with van der Waals surface area (Å²) in [6, 6.07) is 0. The molecule has 0 fully saturated rings. The summed E-state index contributed by atoms with van der Waals surface area (Å²) in [7, 11) is 0. The van der Waals surface area contributed by atoms with Crippen molar-refractivity contribution in [3.8, 4) is 0 Å². The Morgan fingerprint density at radius 1 is 1.30 bits per heavy atom. The van der Waals surface area contributed by atoms with Crippen molar-refractivity contribution < 1.29 is 13.2 Å². The normalized spacial score (nSPS) is 18.9. The van der Waals surface area contributed by atoms with Gasteiger partial charge in [0.2, 0.25) is 0 Å². The Bertz CT molecular complexity index is 294. The molecule has 0 radical (unpaired) electrons. The van der Waals surface area contributed by atoms with E-state index in [1.165, 1.54) is 18.9 Å². The fraction of sp³-hybridized carbons (Fsp3) is 0.867. The standard InChI is InChI=1S/C15H27F3N2/c1-2-4-13(6-9-19)5-3-10-20-11-7-14(8-12-20)15(16,17)18/h7,13H,2-6,8-12,19H2,1H3. The van der Waals surface area contributed by atoms with Gasteiger partial charge in [-0.3, -0.25) is 4.90 Å². The van der Waals surface area contributed by atoms with Crippen molar-refractivity contribution in [3.63, 3.8) is 0 Å². The fourth-order valence-electron chi connectivity index (χ4n) is 2.85.